The predicted octanol–water partition coefficient (Wildman–Crippen LogP) is 4.55. The maximum absolute atomic E-state index is 13.0. The number of aromatic amines is 1. The zero-order chi connectivity index (χ0) is 17.9. The molecule has 1 aliphatic rings. The Balaban J connectivity index is 1.45. The molecule has 2 atom stereocenters. The SMILES string of the molecule is CC(SCc1ccccc1)C(=O)N1CCCC1c1nc2ccccc2[nH]1. The maximum Gasteiger partial charge on any atom is 0.236 e. The number of nitrogens with one attached hydrogen (secondary N) is 1. The number of nitrogens with zero attached hydrogens (tertiary/aromatic N) is 2. The molecular formula is C21H23N3OS. The van der Waals surface area contributed by atoms with Gasteiger partial charge in [0.15, 0.2) is 0 Å². The van der Waals surface area contributed by atoms with Crippen molar-refractivity contribution in [2.45, 2.75) is 36.8 Å². The number of likely N-dealkylation sites (tertiary alicyclic amines) is 1. The largest absolute Gasteiger partial charge is 0.340 e. The van der Waals surface area contributed by atoms with Gasteiger partial charge in [-0.2, -0.15) is 0 Å². The summed E-state index contributed by atoms with van der Waals surface area (Å²) in [6.07, 6.45) is 2.01. The lowest BCUT2D eigenvalue weighted by atomic mass is 10.2. The maximum atomic E-state index is 13.0. The van der Waals surface area contributed by atoms with E-state index in [1.54, 1.807) is 11.8 Å². The molecule has 4 rings (SSSR count). The summed E-state index contributed by atoms with van der Waals surface area (Å²) in [6, 6.07) is 18.4. The molecule has 1 aliphatic heterocycles. The third-order valence-electron chi connectivity index (χ3n) is 4.95. The lowest BCUT2D eigenvalue weighted by Gasteiger charge is -2.26. The number of amides is 1. The molecule has 1 N–H and O–H groups in total. The average Bonchev–Trinajstić information content (AvgIpc) is 3.32. The first-order valence-corrected chi connectivity index (χ1v) is 10.2. The smallest absolute Gasteiger partial charge is 0.236 e. The molecule has 1 amide bonds. The molecule has 0 saturated carbocycles. The molecule has 134 valence electrons. The van der Waals surface area contributed by atoms with Gasteiger partial charge in [-0.3, -0.25) is 4.79 Å². The van der Waals surface area contributed by atoms with Crippen molar-refractivity contribution in [1.82, 2.24) is 14.9 Å². The Morgan fingerprint density at radius 3 is 2.81 bits per heavy atom. The number of aromatic nitrogens is 2. The topological polar surface area (TPSA) is 49.0 Å². The number of hydrogen-bond donors (Lipinski definition) is 1. The molecule has 1 aromatic heterocycles. The van der Waals surface area contributed by atoms with Crippen LogP contribution in [-0.2, 0) is 10.5 Å². The number of carbonyl (C=O) groups excluding carboxylic acids is 1. The summed E-state index contributed by atoms with van der Waals surface area (Å²) < 4.78 is 0. The fraction of sp³-hybridized carbons (Fsp3) is 0.333. The first-order chi connectivity index (χ1) is 12.7. The van der Waals surface area contributed by atoms with Crippen molar-refractivity contribution in [2.75, 3.05) is 6.54 Å². The van der Waals surface area contributed by atoms with E-state index in [2.05, 4.69) is 17.1 Å². The second kappa shape index (κ2) is 7.54. The van der Waals surface area contributed by atoms with Crippen molar-refractivity contribution >= 4 is 28.7 Å². The van der Waals surface area contributed by atoms with Crippen molar-refractivity contribution in [1.29, 1.82) is 0 Å². The van der Waals surface area contributed by atoms with E-state index in [0.717, 1.165) is 42.0 Å². The molecular weight excluding hydrogens is 342 g/mol. The Labute approximate surface area is 158 Å². The van der Waals surface area contributed by atoms with E-state index in [9.17, 15) is 4.79 Å². The average molecular weight is 366 g/mol. The minimum absolute atomic E-state index is 0.0554. The third kappa shape index (κ3) is 3.49. The van der Waals surface area contributed by atoms with Crippen LogP contribution in [0.3, 0.4) is 0 Å². The van der Waals surface area contributed by atoms with E-state index >= 15 is 0 Å². The molecule has 0 bridgehead atoms. The summed E-state index contributed by atoms with van der Waals surface area (Å²) in [6.45, 7) is 2.83. The number of thioether (sulfide) groups is 1. The van der Waals surface area contributed by atoms with Gasteiger partial charge in [-0.05, 0) is 37.5 Å². The van der Waals surface area contributed by atoms with Crippen LogP contribution in [0.1, 0.15) is 37.2 Å². The van der Waals surface area contributed by atoms with Crippen LogP contribution in [0.2, 0.25) is 0 Å². The molecule has 26 heavy (non-hydrogen) atoms. The summed E-state index contributed by atoms with van der Waals surface area (Å²) in [7, 11) is 0. The Morgan fingerprint density at radius 2 is 2.00 bits per heavy atom. The monoisotopic (exact) mass is 365 g/mol. The van der Waals surface area contributed by atoms with E-state index in [1.807, 2.05) is 54.3 Å². The zero-order valence-corrected chi connectivity index (χ0v) is 15.7. The van der Waals surface area contributed by atoms with E-state index < -0.39 is 0 Å². The molecule has 3 aromatic rings. The fourth-order valence-corrected chi connectivity index (χ4v) is 4.46. The highest BCUT2D eigenvalue weighted by Gasteiger charge is 2.34. The number of benzene rings is 2. The van der Waals surface area contributed by atoms with Gasteiger partial charge in [-0.25, -0.2) is 4.98 Å². The van der Waals surface area contributed by atoms with E-state index in [-0.39, 0.29) is 17.2 Å². The Bertz CT molecular complexity index is 859. The molecule has 2 unspecified atom stereocenters. The Morgan fingerprint density at radius 1 is 1.23 bits per heavy atom. The fourth-order valence-electron chi connectivity index (χ4n) is 3.55. The summed E-state index contributed by atoms with van der Waals surface area (Å²) >= 11 is 1.70. The highest BCUT2D eigenvalue weighted by Crippen LogP contribution is 2.33. The third-order valence-corrected chi connectivity index (χ3v) is 6.15. The molecule has 0 spiro atoms. The quantitative estimate of drug-likeness (QED) is 0.722. The number of carbonyl (C=O) groups is 1. The first-order valence-electron chi connectivity index (χ1n) is 9.13. The van der Waals surface area contributed by atoms with Crippen LogP contribution in [0, 0.1) is 0 Å². The number of rotatable bonds is 5. The summed E-state index contributed by atoms with van der Waals surface area (Å²) in [5, 5.41) is -0.0554. The number of fused-ring (bicyclic) bond motifs is 1. The van der Waals surface area contributed by atoms with Gasteiger partial charge < -0.3 is 9.88 Å². The highest BCUT2D eigenvalue weighted by molar-refractivity contribution is 7.99. The number of hydrogen-bond acceptors (Lipinski definition) is 3. The van der Waals surface area contributed by atoms with Crippen molar-refractivity contribution < 1.29 is 4.79 Å². The van der Waals surface area contributed by atoms with E-state index in [1.165, 1.54) is 5.56 Å². The van der Waals surface area contributed by atoms with Crippen molar-refractivity contribution in [2.24, 2.45) is 0 Å². The lowest BCUT2D eigenvalue weighted by Crippen LogP contribution is -2.36. The van der Waals surface area contributed by atoms with Crippen LogP contribution >= 0.6 is 11.8 Å². The van der Waals surface area contributed by atoms with Gasteiger partial charge in [-0.1, -0.05) is 42.5 Å². The van der Waals surface area contributed by atoms with E-state index in [4.69, 9.17) is 4.98 Å². The molecule has 2 heterocycles. The Hall–Kier alpha value is -2.27. The minimum atomic E-state index is -0.0554. The molecule has 0 aliphatic carbocycles. The molecule has 2 aromatic carbocycles. The van der Waals surface area contributed by atoms with Crippen molar-refractivity contribution in [3.63, 3.8) is 0 Å². The molecule has 1 fully saturated rings. The molecule has 5 heteroatoms. The first kappa shape index (κ1) is 17.2. The van der Waals surface area contributed by atoms with Crippen LogP contribution in [0.15, 0.2) is 54.6 Å². The number of para-hydroxylation sites is 2. The van der Waals surface area contributed by atoms with Crippen LogP contribution in [0.4, 0.5) is 0 Å². The van der Waals surface area contributed by atoms with Crippen LogP contribution < -0.4 is 0 Å². The van der Waals surface area contributed by atoms with Gasteiger partial charge in [0.2, 0.25) is 5.91 Å². The van der Waals surface area contributed by atoms with Gasteiger partial charge in [0.25, 0.3) is 0 Å². The number of imidazole rings is 1. The normalized spacial score (nSPS) is 18.3. The minimum Gasteiger partial charge on any atom is -0.340 e. The summed E-state index contributed by atoms with van der Waals surface area (Å²) in [5.74, 6) is 1.99. The van der Waals surface area contributed by atoms with Crippen LogP contribution in [0.25, 0.3) is 11.0 Å². The second-order valence-electron chi connectivity index (χ2n) is 6.77. The van der Waals surface area contributed by atoms with Gasteiger partial charge in [-0.15, -0.1) is 11.8 Å². The Kier molecular flexibility index (Phi) is 4.98. The molecule has 1 saturated heterocycles. The number of H-pyrrole nitrogens is 1. The van der Waals surface area contributed by atoms with Gasteiger partial charge >= 0.3 is 0 Å². The van der Waals surface area contributed by atoms with E-state index in [0.29, 0.717) is 0 Å². The standard InChI is InChI=1S/C21H23N3OS/c1-15(26-14-16-8-3-2-4-9-16)21(25)24-13-7-12-19(24)20-22-17-10-5-6-11-18(17)23-20/h2-6,8-11,15,19H,7,12-14H2,1H3,(H,22,23). The van der Waals surface area contributed by atoms with Gasteiger partial charge in [0.05, 0.1) is 22.3 Å². The highest BCUT2D eigenvalue weighted by atomic mass is 32.2. The lowest BCUT2D eigenvalue weighted by molar-refractivity contribution is -0.131. The van der Waals surface area contributed by atoms with Gasteiger partial charge in [0, 0.05) is 12.3 Å². The van der Waals surface area contributed by atoms with Gasteiger partial charge in [0.1, 0.15) is 5.82 Å². The molecule has 4 nitrogen and oxygen atoms in total. The summed E-state index contributed by atoms with van der Waals surface area (Å²) in [4.78, 5) is 23.2. The van der Waals surface area contributed by atoms with Crippen molar-refractivity contribution in [3.05, 3.63) is 66.0 Å². The van der Waals surface area contributed by atoms with Crippen LogP contribution in [0.5, 0.6) is 0 Å². The van der Waals surface area contributed by atoms with Crippen LogP contribution in [-0.4, -0.2) is 32.6 Å². The van der Waals surface area contributed by atoms with Crippen molar-refractivity contribution in [3.8, 4) is 0 Å². The predicted molar refractivity (Wildman–Crippen MR) is 107 cm³/mol. The second-order valence-corrected chi connectivity index (χ2v) is 8.10. The summed E-state index contributed by atoms with van der Waals surface area (Å²) in [5.41, 5.74) is 3.26. The molecule has 0 radical (unpaired) electrons. The zero-order valence-electron chi connectivity index (χ0n) is 14.9.